The van der Waals surface area contributed by atoms with Crippen molar-refractivity contribution in [3.8, 4) is 0 Å². The van der Waals surface area contributed by atoms with E-state index >= 15 is 0 Å². The lowest BCUT2D eigenvalue weighted by Crippen LogP contribution is -2.01. The van der Waals surface area contributed by atoms with E-state index in [-0.39, 0.29) is 5.56 Å². The van der Waals surface area contributed by atoms with Crippen molar-refractivity contribution in [2.24, 2.45) is 0 Å². The molecule has 3 nitrogen and oxygen atoms in total. The molecule has 0 saturated carbocycles. The molecule has 0 bridgehead atoms. The van der Waals surface area contributed by atoms with Gasteiger partial charge in [0.05, 0.1) is 15.6 Å². The molecule has 0 aliphatic rings. The third-order valence-electron chi connectivity index (χ3n) is 2.65. The van der Waals surface area contributed by atoms with Gasteiger partial charge in [-0.1, -0.05) is 35.3 Å². The second-order valence-electron chi connectivity index (χ2n) is 3.95. The Morgan fingerprint density at radius 2 is 1.79 bits per heavy atom. The van der Waals surface area contributed by atoms with Crippen LogP contribution in [0.25, 0.3) is 0 Å². The zero-order valence-corrected chi connectivity index (χ0v) is 11.4. The van der Waals surface area contributed by atoms with Crippen molar-refractivity contribution in [1.29, 1.82) is 0 Å². The number of carboxylic acids is 1. The zero-order chi connectivity index (χ0) is 13.8. The van der Waals surface area contributed by atoms with Gasteiger partial charge in [0.1, 0.15) is 0 Å². The molecule has 0 aliphatic heterocycles. The van der Waals surface area contributed by atoms with Crippen molar-refractivity contribution in [1.82, 2.24) is 0 Å². The number of nitrogens with one attached hydrogen (secondary N) is 1. The standard InChI is InChI=1S/C14H11Cl2NO2/c15-12-3-1-2-10(13(12)16)8-17-11-6-4-9(5-7-11)14(18)19/h1-7,17H,8H2,(H,18,19). The molecule has 0 amide bonds. The molecule has 2 aromatic rings. The van der Waals surface area contributed by atoms with Crippen LogP contribution in [-0.4, -0.2) is 11.1 Å². The van der Waals surface area contributed by atoms with E-state index < -0.39 is 5.97 Å². The highest BCUT2D eigenvalue weighted by molar-refractivity contribution is 6.42. The molecule has 0 aliphatic carbocycles. The van der Waals surface area contributed by atoms with E-state index in [9.17, 15) is 4.79 Å². The summed E-state index contributed by atoms with van der Waals surface area (Å²) in [5.41, 5.74) is 1.96. The Hall–Kier alpha value is -1.71. The Morgan fingerprint density at radius 1 is 1.11 bits per heavy atom. The molecule has 0 saturated heterocycles. The number of benzene rings is 2. The fourth-order valence-corrected chi connectivity index (χ4v) is 2.00. The zero-order valence-electron chi connectivity index (χ0n) is 9.86. The van der Waals surface area contributed by atoms with Crippen LogP contribution in [0.3, 0.4) is 0 Å². The molecule has 0 spiro atoms. The van der Waals surface area contributed by atoms with Crippen LogP contribution < -0.4 is 5.32 Å². The van der Waals surface area contributed by atoms with E-state index in [0.717, 1.165) is 11.3 Å². The quantitative estimate of drug-likeness (QED) is 0.884. The van der Waals surface area contributed by atoms with E-state index in [1.54, 1.807) is 30.3 Å². The van der Waals surface area contributed by atoms with Crippen molar-refractivity contribution in [2.75, 3.05) is 5.32 Å². The van der Waals surface area contributed by atoms with Gasteiger partial charge in [0.25, 0.3) is 0 Å². The van der Waals surface area contributed by atoms with Crippen molar-refractivity contribution >= 4 is 34.9 Å². The highest BCUT2D eigenvalue weighted by Gasteiger charge is 2.05. The van der Waals surface area contributed by atoms with Crippen LogP contribution in [-0.2, 0) is 6.54 Å². The predicted octanol–water partition coefficient (Wildman–Crippen LogP) is 4.30. The Kier molecular flexibility index (Phi) is 4.30. The molecule has 2 rings (SSSR count). The van der Waals surface area contributed by atoms with Gasteiger partial charge in [-0.3, -0.25) is 0 Å². The summed E-state index contributed by atoms with van der Waals surface area (Å²) < 4.78 is 0. The third kappa shape index (κ3) is 3.40. The number of carboxylic acid groups (broad SMARTS) is 1. The molecule has 0 fully saturated rings. The van der Waals surface area contributed by atoms with Gasteiger partial charge in [-0.15, -0.1) is 0 Å². The van der Waals surface area contributed by atoms with Crippen molar-refractivity contribution in [2.45, 2.75) is 6.54 Å². The molecule has 0 heterocycles. The number of hydrogen-bond donors (Lipinski definition) is 2. The van der Waals surface area contributed by atoms with Gasteiger partial charge in [-0.2, -0.15) is 0 Å². The average Bonchev–Trinajstić information content (AvgIpc) is 2.41. The highest BCUT2D eigenvalue weighted by Crippen LogP contribution is 2.26. The molecule has 0 unspecified atom stereocenters. The van der Waals surface area contributed by atoms with Gasteiger partial charge in [0, 0.05) is 12.2 Å². The van der Waals surface area contributed by atoms with E-state index in [0.29, 0.717) is 16.6 Å². The van der Waals surface area contributed by atoms with Crippen LogP contribution in [0.2, 0.25) is 10.0 Å². The van der Waals surface area contributed by atoms with Crippen molar-refractivity contribution in [3.63, 3.8) is 0 Å². The van der Waals surface area contributed by atoms with Crippen LogP contribution in [0.15, 0.2) is 42.5 Å². The van der Waals surface area contributed by atoms with Crippen LogP contribution in [0.5, 0.6) is 0 Å². The van der Waals surface area contributed by atoms with Gasteiger partial charge < -0.3 is 10.4 Å². The minimum atomic E-state index is -0.940. The van der Waals surface area contributed by atoms with Crippen molar-refractivity contribution in [3.05, 3.63) is 63.6 Å². The first-order chi connectivity index (χ1) is 9.08. The maximum absolute atomic E-state index is 10.7. The van der Waals surface area contributed by atoms with Gasteiger partial charge in [0.15, 0.2) is 0 Å². The maximum Gasteiger partial charge on any atom is 0.335 e. The van der Waals surface area contributed by atoms with E-state index in [1.165, 1.54) is 0 Å². The number of hydrogen-bond acceptors (Lipinski definition) is 2. The predicted molar refractivity (Wildman–Crippen MR) is 77.2 cm³/mol. The fourth-order valence-electron chi connectivity index (χ4n) is 1.61. The SMILES string of the molecule is O=C(O)c1ccc(NCc2cccc(Cl)c2Cl)cc1. The Bertz CT molecular complexity index is 597. The Morgan fingerprint density at radius 3 is 2.42 bits per heavy atom. The molecular formula is C14H11Cl2NO2. The summed E-state index contributed by atoms with van der Waals surface area (Å²) in [5.74, 6) is -0.940. The third-order valence-corrected chi connectivity index (χ3v) is 3.50. The number of anilines is 1. The molecule has 0 radical (unpaired) electrons. The molecule has 0 aromatic heterocycles. The number of rotatable bonds is 4. The summed E-state index contributed by atoms with van der Waals surface area (Å²) in [6.07, 6.45) is 0. The van der Waals surface area contributed by atoms with Gasteiger partial charge in [-0.05, 0) is 35.9 Å². The van der Waals surface area contributed by atoms with Crippen molar-refractivity contribution < 1.29 is 9.90 Å². The first-order valence-electron chi connectivity index (χ1n) is 5.58. The number of carbonyl (C=O) groups is 1. The van der Waals surface area contributed by atoms with E-state index in [4.69, 9.17) is 28.3 Å². The lowest BCUT2D eigenvalue weighted by molar-refractivity contribution is 0.0697. The molecule has 2 N–H and O–H groups in total. The lowest BCUT2D eigenvalue weighted by atomic mass is 10.2. The maximum atomic E-state index is 10.7. The van der Waals surface area contributed by atoms with Crippen LogP contribution in [0, 0.1) is 0 Å². The minimum Gasteiger partial charge on any atom is -0.478 e. The first-order valence-corrected chi connectivity index (χ1v) is 6.33. The molecule has 5 heteroatoms. The largest absolute Gasteiger partial charge is 0.478 e. The number of aromatic carboxylic acids is 1. The van der Waals surface area contributed by atoms with Crippen LogP contribution >= 0.6 is 23.2 Å². The first kappa shape index (κ1) is 13.7. The molecule has 19 heavy (non-hydrogen) atoms. The highest BCUT2D eigenvalue weighted by atomic mass is 35.5. The fraction of sp³-hybridized carbons (Fsp3) is 0.0714. The summed E-state index contributed by atoms with van der Waals surface area (Å²) in [6, 6.07) is 12.0. The summed E-state index contributed by atoms with van der Waals surface area (Å²) in [4.78, 5) is 10.7. The summed E-state index contributed by atoms with van der Waals surface area (Å²) in [7, 11) is 0. The summed E-state index contributed by atoms with van der Waals surface area (Å²) in [5, 5.41) is 13.0. The summed E-state index contributed by atoms with van der Waals surface area (Å²) >= 11 is 12.0. The lowest BCUT2D eigenvalue weighted by Gasteiger charge is -2.09. The average molecular weight is 296 g/mol. The molecule has 98 valence electrons. The smallest absolute Gasteiger partial charge is 0.335 e. The summed E-state index contributed by atoms with van der Waals surface area (Å²) in [6.45, 7) is 0.520. The van der Waals surface area contributed by atoms with Gasteiger partial charge in [-0.25, -0.2) is 4.79 Å². The molecular weight excluding hydrogens is 285 g/mol. The topological polar surface area (TPSA) is 49.3 Å². The van der Waals surface area contributed by atoms with Gasteiger partial charge in [0.2, 0.25) is 0 Å². The number of halogens is 2. The molecule has 2 aromatic carbocycles. The van der Waals surface area contributed by atoms with Gasteiger partial charge >= 0.3 is 5.97 Å². The van der Waals surface area contributed by atoms with E-state index in [1.807, 2.05) is 12.1 Å². The second kappa shape index (κ2) is 5.95. The minimum absolute atomic E-state index is 0.256. The van der Waals surface area contributed by atoms with Crippen LogP contribution in [0.1, 0.15) is 15.9 Å². The Labute approximate surface area is 120 Å². The normalized spacial score (nSPS) is 10.2. The van der Waals surface area contributed by atoms with Crippen LogP contribution in [0.4, 0.5) is 5.69 Å². The van der Waals surface area contributed by atoms with E-state index in [2.05, 4.69) is 5.32 Å². The Balaban J connectivity index is 2.06. The monoisotopic (exact) mass is 295 g/mol. The second-order valence-corrected chi connectivity index (χ2v) is 4.73. The molecule has 0 atom stereocenters.